The van der Waals surface area contributed by atoms with Gasteiger partial charge in [0.25, 0.3) is 0 Å². The van der Waals surface area contributed by atoms with Gasteiger partial charge >= 0.3 is 0 Å². The molecule has 0 spiro atoms. The summed E-state index contributed by atoms with van der Waals surface area (Å²) in [5, 5.41) is 9.89. The van der Waals surface area contributed by atoms with Gasteiger partial charge in [-0.3, -0.25) is 0 Å². The van der Waals surface area contributed by atoms with Gasteiger partial charge in [0, 0.05) is 72.4 Å². The number of hydrogen-bond donors (Lipinski definition) is 0. The van der Waals surface area contributed by atoms with Crippen molar-refractivity contribution in [1.29, 1.82) is 0 Å². The van der Waals surface area contributed by atoms with Crippen LogP contribution in [0.25, 0.3) is 54.3 Å². The van der Waals surface area contributed by atoms with Crippen LogP contribution in [0.15, 0.2) is 45.8 Å². The molecule has 0 aliphatic heterocycles. The van der Waals surface area contributed by atoms with Crippen LogP contribution < -0.4 is 0 Å². The van der Waals surface area contributed by atoms with E-state index in [4.69, 9.17) is 0 Å². The average Bonchev–Trinajstić information content (AvgIpc) is 4.53. The van der Waals surface area contributed by atoms with Crippen molar-refractivity contribution in [2.24, 2.45) is 0 Å². The van der Waals surface area contributed by atoms with E-state index in [1.54, 1.807) is 83.5 Å². The third kappa shape index (κ3) is 20.8. The average molecular weight is 1170 g/mol. The van der Waals surface area contributed by atoms with Crippen LogP contribution in [0.3, 0.4) is 0 Å². The minimum absolute atomic E-state index is 1.18. The maximum atomic E-state index is 2.60. The highest BCUT2D eigenvalue weighted by Gasteiger charge is 2.33. The van der Waals surface area contributed by atoms with Gasteiger partial charge in [0.05, 0.1) is 0 Å². The molecular formula is C72H110S6. The van der Waals surface area contributed by atoms with Crippen LogP contribution in [0.2, 0.25) is 0 Å². The molecular weight excluding hydrogens is 1060 g/mol. The lowest BCUT2D eigenvalue weighted by atomic mass is 9.85. The molecule has 6 heterocycles. The molecule has 6 aromatic heterocycles. The Morgan fingerprint density at radius 3 is 0.679 bits per heavy atom. The molecule has 6 aromatic rings. The van der Waals surface area contributed by atoms with Crippen LogP contribution in [-0.2, 0) is 38.5 Å². The first-order valence-electron chi connectivity index (χ1n) is 33.2. The SMILES string of the molecule is CCCCCCCCc1sccc1-c1sc(CCCCCCCC)c(-c2c(CCCCCCCC)sc(-c3ccsc3CCCCCCCC)c2-c2ccsc2CCCCCCCC)c1-c1ccsc1CCCCCCCC. The van der Waals surface area contributed by atoms with Crippen molar-refractivity contribution in [3.05, 3.63) is 75.0 Å². The first-order valence-corrected chi connectivity index (χ1v) is 38.3. The van der Waals surface area contributed by atoms with Crippen molar-refractivity contribution in [1.82, 2.24) is 0 Å². The van der Waals surface area contributed by atoms with E-state index < -0.39 is 0 Å². The first kappa shape index (κ1) is 65.4. The second-order valence-electron chi connectivity index (χ2n) is 23.3. The van der Waals surface area contributed by atoms with E-state index in [2.05, 4.69) is 155 Å². The second kappa shape index (κ2) is 39.6. The number of thiophene rings is 6. The second-order valence-corrected chi connectivity index (χ2v) is 29.6. The van der Waals surface area contributed by atoms with Gasteiger partial charge in [-0.15, -0.1) is 68.0 Å². The predicted octanol–water partition coefficient (Wildman–Crippen LogP) is 27.8. The van der Waals surface area contributed by atoms with Crippen LogP contribution >= 0.6 is 68.0 Å². The molecule has 0 atom stereocenters. The molecule has 6 heteroatoms. The molecule has 0 nitrogen and oxygen atoms in total. The molecule has 0 fully saturated rings. The number of rotatable bonds is 47. The lowest BCUT2D eigenvalue weighted by Gasteiger charge is -2.17. The van der Waals surface area contributed by atoms with Gasteiger partial charge in [0.1, 0.15) is 0 Å². The summed E-state index contributed by atoms with van der Waals surface area (Å²) in [4.78, 5) is 13.1. The molecule has 0 aliphatic rings. The predicted molar refractivity (Wildman–Crippen MR) is 363 cm³/mol. The van der Waals surface area contributed by atoms with E-state index in [0.29, 0.717) is 0 Å². The fraction of sp³-hybridized carbons (Fsp3) is 0.667. The van der Waals surface area contributed by atoms with Gasteiger partial charge in [0.15, 0.2) is 0 Å². The molecule has 0 N–H and O–H groups in total. The van der Waals surface area contributed by atoms with Gasteiger partial charge in [0.2, 0.25) is 0 Å². The van der Waals surface area contributed by atoms with E-state index in [1.165, 1.54) is 270 Å². The Morgan fingerprint density at radius 1 is 0.218 bits per heavy atom. The molecule has 434 valence electrons. The molecule has 0 aromatic carbocycles. The molecule has 0 saturated heterocycles. The topological polar surface area (TPSA) is 0 Å². The minimum Gasteiger partial charge on any atom is -0.148 e. The van der Waals surface area contributed by atoms with Crippen LogP contribution in [0.5, 0.6) is 0 Å². The quantitative estimate of drug-likeness (QED) is 0.0334. The van der Waals surface area contributed by atoms with Gasteiger partial charge in [-0.1, -0.05) is 234 Å². The van der Waals surface area contributed by atoms with Crippen molar-refractivity contribution >= 4 is 68.0 Å². The normalized spacial score (nSPS) is 11.8. The fourth-order valence-electron chi connectivity index (χ4n) is 12.1. The Kier molecular flexibility index (Phi) is 33.2. The molecule has 0 radical (unpaired) electrons. The maximum absolute atomic E-state index is 2.60. The number of hydrogen-bond acceptors (Lipinski definition) is 6. The van der Waals surface area contributed by atoms with E-state index >= 15 is 0 Å². The standard InChI is InChI=1S/C72H110S6/c1-7-13-19-25-31-37-43-61-57(49-53-73-61)67-69(65(47-41-35-29-23-17-11-5)77-71(67)59-51-55-75-63(59)45-39-33-27-21-15-9-3)70-66(48-42-36-30-24-18-12-6)78-72(60-52-56-76-64(60)46-40-34-28-22-16-10-4)68(70)58-50-54-74-62(58)44-38-32-26-20-14-8-2/h49-56H,7-48H2,1-6H3. The van der Waals surface area contributed by atoms with Gasteiger partial charge in [-0.2, -0.15) is 0 Å². The van der Waals surface area contributed by atoms with Crippen LogP contribution in [0.1, 0.15) is 302 Å². The summed E-state index contributed by atoms with van der Waals surface area (Å²) in [6, 6.07) is 10.3. The summed E-state index contributed by atoms with van der Waals surface area (Å²) >= 11 is 12.7. The van der Waals surface area contributed by atoms with Gasteiger partial charge in [-0.05, 0) is 134 Å². The molecule has 0 bridgehead atoms. The summed E-state index contributed by atoms with van der Waals surface area (Å²) in [5.41, 5.74) is 12.8. The zero-order valence-corrected chi connectivity index (χ0v) is 55.7. The van der Waals surface area contributed by atoms with Crippen LogP contribution in [0.4, 0.5) is 0 Å². The van der Waals surface area contributed by atoms with Crippen molar-refractivity contribution in [3.63, 3.8) is 0 Å². The van der Waals surface area contributed by atoms with Crippen molar-refractivity contribution in [2.75, 3.05) is 0 Å². The third-order valence-corrected chi connectivity index (χ3v) is 23.3. The smallest absolute Gasteiger partial charge is 0.0442 e. The van der Waals surface area contributed by atoms with Gasteiger partial charge in [-0.25, -0.2) is 0 Å². The van der Waals surface area contributed by atoms with Crippen molar-refractivity contribution < 1.29 is 0 Å². The fourth-order valence-corrected chi connectivity index (χ4v) is 18.8. The molecule has 0 amide bonds. The van der Waals surface area contributed by atoms with Crippen LogP contribution in [0, 0.1) is 0 Å². The highest BCUT2D eigenvalue weighted by atomic mass is 32.1. The van der Waals surface area contributed by atoms with Crippen molar-refractivity contribution in [2.45, 2.75) is 311 Å². The highest BCUT2D eigenvalue weighted by Crippen LogP contribution is 2.59. The maximum Gasteiger partial charge on any atom is 0.0442 e. The van der Waals surface area contributed by atoms with E-state index in [0.717, 1.165) is 0 Å². The summed E-state index contributed by atoms with van der Waals surface area (Å²) in [6.45, 7) is 14.1. The molecule has 0 saturated carbocycles. The summed E-state index contributed by atoms with van der Waals surface area (Å²) in [7, 11) is 0. The van der Waals surface area contributed by atoms with Crippen molar-refractivity contribution in [3.8, 4) is 54.3 Å². The van der Waals surface area contributed by atoms with E-state index in [9.17, 15) is 0 Å². The lowest BCUT2D eigenvalue weighted by molar-refractivity contribution is 0.608. The Balaban J connectivity index is 1.61. The molecule has 6 rings (SSSR count). The monoisotopic (exact) mass is 1170 g/mol. The summed E-state index contributed by atoms with van der Waals surface area (Å²) in [6.07, 6.45) is 55.6. The van der Waals surface area contributed by atoms with Gasteiger partial charge < -0.3 is 0 Å². The summed E-state index contributed by atoms with van der Waals surface area (Å²) < 4.78 is 0. The lowest BCUT2D eigenvalue weighted by Crippen LogP contribution is -1.96. The zero-order chi connectivity index (χ0) is 54.8. The van der Waals surface area contributed by atoms with Crippen LogP contribution in [-0.4, -0.2) is 0 Å². The summed E-state index contributed by atoms with van der Waals surface area (Å²) in [5.74, 6) is 0. The Bertz CT molecular complexity index is 2270. The Hall–Kier alpha value is -1.80. The minimum atomic E-state index is 1.18. The van der Waals surface area contributed by atoms with E-state index in [1.807, 2.05) is 0 Å². The highest BCUT2D eigenvalue weighted by molar-refractivity contribution is 7.19. The number of aryl methyl sites for hydroxylation is 6. The number of unbranched alkanes of at least 4 members (excludes halogenated alkanes) is 30. The first-order chi connectivity index (χ1) is 38.6. The largest absolute Gasteiger partial charge is 0.148 e. The Morgan fingerprint density at radius 2 is 0.423 bits per heavy atom. The van der Waals surface area contributed by atoms with E-state index in [-0.39, 0.29) is 0 Å². The molecule has 0 aliphatic carbocycles. The third-order valence-electron chi connectivity index (χ3n) is 16.8. The molecule has 78 heavy (non-hydrogen) atoms. The molecule has 0 unspecified atom stereocenters. The Labute approximate surface area is 504 Å². The zero-order valence-electron chi connectivity index (χ0n) is 50.8.